The van der Waals surface area contributed by atoms with Crippen LogP contribution in [0.25, 0.3) is 0 Å². The summed E-state index contributed by atoms with van der Waals surface area (Å²) in [5.74, 6) is 0.505. The molecule has 0 saturated heterocycles. The molecular weight excluding hydrogens is 324 g/mol. The summed E-state index contributed by atoms with van der Waals surface area (Å²) >= 11 is 0. The molecule has 0 aromatic heterocycles. The van der Waals surface area contributed by atoms with E-state index in [1.807, 2.05) is 6.07 Å². The number of aromatic hydroxyl groups is 2. The number of phenolic OH excluding ortho intramolecular Hbond substituents is 2. The van der Waals surface area contributed by atoms with Crippen molar-refractivity contribution in [3.8, 4) is 23.0 Å². The Labute approximate surface area is 146 Å². The van der Waals surface area contributed by atoms with Crippen molar-refractivity contribution in [2.75, 3.05) is 13.7 Å². The molecule has 0 aliphatic carbocycles. The number of rotatable bonds is 8. The zero-order chi connectivity index (χ0) is 18.4. The summed E-state index contributed by atoms with van der Waals surface area (Å²) < 4.78 is 10.7. The molecule has 4 N–H and O–H groups in total. The summed E-state index contributed by atoms with van der Waals surface area (Å²) in [4.78, 5) is 0. The fourth-order valence-corrected chi connectivity index (χ4v) is 2.52. The van der Waals surface area contributed by atoms with Crippen LogP contribution in [0.4, 0.5) is 0 Å². The Kier molecular flexibility index (Phi) is 6.50. The largest absolute Gasteiger partial charge is 0.504 e. The molecular formula is C19H24O6. The quantitative estimate of drug-likeness (QED) is 0.585. The molecule has 0 fully saturated rings. The van der Waals surface area contributed by atoms with Crippen molar-refractivity contribution in [1.29, 1.82) is 0 Å². The van der Waals surface area contributed by atoms with Crippen molar-refractivity contribution in [3.05, 3.63) is 47.5 Å². The maximum Gasteiger partial charge on any atom is 0.161 e. The molecule has 0 heterocycles. The highest BCUT2D eigenvalue weighted by atomic mass is 16.5. The van der Waals surface area contributed by atoms with Gasteiger partial charge in [-0.05, 0) is 55.2 Å². The van der Waals surface area contributed by atoms with E-state index in [0.717, 1.165) is 5.56 Å². The van der Waals surface area contributed by atoms with Gasteiger partial charge >= 0.3 is 0 Å². The fraction of sp³-hybridized carbons (Fsp3) is 0.368. The number of ether oxygens (including phenoxy) is 2. The van der Waals surface area contributed by atoms with Crippen molar-refractivity contribution >= 4 is 0 Å². The Morgan fingerprint density at radius 1 is 1.00 bits per heavy atom. The molecule has 2 atom stereocenters. The highest BCUT2D eigenvalue weighted by Gasteiger charge is 2.21. The molecule has 6 nitrogen and oxygen atoms in total. The predicted octanol–water partition coefficient (Wildman–Crippen LogP) is 2.53. The molecule has 136 valence electrons. The van der Waals surface area contributed by atoms with Gasteiger partial charge in [0.15, 0.2) is 23.0 Å². The Morgan fingerprint density at radius 3 is 2.40 bits per heavy atom. The second-order valence-electron chi connectivity index (χ2n) is 5.83. The van der Waals surface area contributed by atoms with Crippen LogP contribution in [-0.4, -0.2) is 40.2 Å². The molecule has 0 amide bonds. The minimum absolute atomic E-state index is 0.0110. The minimum atomic E-state index is -0.969. The zero-order valence-electron chi connectivity index (χ0n) is 14.3. The van der Waals surface area contributed by atoms with Gasteiger partial charge in [-0.3, -0.25) is 0 Å². The van der Waals surface area contributed by atoms with Crippen LogP contribution in [0, 0.1) is 0 Å². The lowest BCUT2D eigenvalue weighted by molar-refractivity contribution is 0.0450. The molecule has 0 aliphatic rings. The van der Waals surface area contributed by atoms with E-state index in [9.17, 15) is 15.3 Å². The molecule has 2 rings (SSSR count). The first-order valence-corrected chi connectivity index (χ1v) is 8.10. The predicted molar refractivity (Wildman–Crippen MR) is 93.2 cm³/mol. The first-order chi connectivity index (χ1) is 12.0. The summed E-state index contributed by atoms with van der Waals surface area (Å²) in [5.41, 5.74) is 1.43. The molecule has 0 bridgehead atoms. The number of phenols is 2. The molecule has 0 unspecified atom stereocenters. The lowest BCUT2D eigenvalue weighted by Crippen LogP contribution is -2.21. The number of aryl methyl sites for hydroxylation is 1. The van der Waals surface area contributed by atoms with E-state index in [2.05, 4.69) is 0 Å². The Hall–Kier alpha value is -2.44. The third-order valence-corrected chi connectivity index (χ3v) is 3.95. The summed E-state index contributed by atoms with van der Waals surface area (Å²) in [6.07, 6.45) is -0.320. The lowest BCUT2D eigenvalue weighted by atomic mass is 10.0. The Balaban J connectivity index is 2.09. The molecule has 0 saturated carbocycles. The molecule has 0 aliphatic heterocycles. The first kappa shape index (κ1) is 18.9. The maximum absolute atomic E-state index is 10.5. The SMILES string of the molecule is COc1cc([C@@H](O)[C@@H](C)Oc2ccc(CCCO)cc2O)ccc1O. The van der Waals surface area contributed by atoms with Crippen LogP contribution in [0.15, 0.2) is 36.4 Å². The van der Waals surface area contributed by atoms with Crippen LogP contribution in [0.2, 0.25) is 0 Å². The topological polar surface area (TPSA) is 99.4 Å². The van der Waals surface area contributed by atoms with Gasteiger partial charge in [0.05, 0.1) is 7.11 Å². The van der Waals surface area contributed by atoms with Gasteiger partial charge in [-0.2, -0.15) is 0 Å². The number of methoxy groups -OCH3 is 1. The third-order valence-electron chi connectivity index (χ3n) is 3.95. The van der Waals surface area contributed by atoms with Crippen molar-refractivity contribution in [3.63, 3.8) is 0 Å². The number of aliphatic hydroxyl groups is 2. The second kappa shape index (κ2) is 8.60. The molecule has 0 radical (unpaired) electrons. The Bertz CT molecular complexity index is 700. The van der Waals surface area contributed by atoms with Gasteiger partial charge in [0.2, 0.25) is 0 Å². The van der Waals surface area contributed by atoms with Crippen LogP contribution in [-0.2, 0) is 6.42 Å². The van der Waals surface area contributed by atoms with Crippen LogP contribution >= 0.6 is 0 Å². The van der Waals surface area contributed by atoms with Crippen LogP contribution in [0.1, 0.15) is 30.6 Å². The van der Waals surface area contributed by atoms with Gasteiger partial charge in [-0.15, -0.1) is 0 Å². The van der Waals surface area contributed by atoms with E-state index < -0.39 is 12.2 Å². The van der Waals surface area contributed by atoms with Crippen molar-refractivity contribution in [1.82, 2.24) is 0 Å². The number of aliphatic hydroxyl groups excluding tert-OH is 2. The van der Waals surface area contributed by atoms with Gasteiger partial charge in [0.1, 0.15) is 12.2 Å². The lowest BCUT2D eigenvalue weighted by Gasteiger charge is -2.22. The first-order valence-electron chi connectivity index (χ1n) is 8.10. The number of benzene rings is 2. The average Bonchev–Trinajstić information content (AvgIpc) is 2.61. The van der Waals surface area contributed by atoms with Gasteiger partial charge in [-0.25, -0.2) is 0 Å². The second-order valence-corrected chi connectivity index (χ2v) is 5.83. The highest BCUT2D eigenvalue weighted by Crippen LogP contribution is 2.33. The summed E-state index contributed by atoms with van der Waals surface area (Å²) in [5, 5.41) is 39.0. The van der Waals surface area contributed by atoms with Gasteiger partial charge < -0.3 is 29.9 Å². The summed E-state index contributed by atoms with van der Waals surface area (Å²) in [7, 11) is 1.43. The maximum atomic E-state index is 10.5. The highest BCUT2D eigenvalue weighted by molar-refractivity contribution is 5.44. The van der Waals surface area contributed by atoms with Crippen LogP contribution in [0.5, 0.6) is 23.0 Å². The van der Waals surface area contributed by atoms with E-state index in [1.165, 1.54) is 19.2 Å². The number of hydrogen-bond donors (Lipinski definition) is 4. The van der Waals surface area contributed by atoms with Gasteiger partial charge in [-0.1, -0.05) is 12.1 Å². The van der Waals surface area contributed by atoms with Crippen LogP contribution < -0.4 is 9.47 Å². The normalized spacial score (nSPS) is 13.3. The minimum Gasteiger partial charge on any atom is -0.504 e. The average molecular weight is 348 g/mol. The molecule has 25 heavy (non-hydrogen) atoms. The van der Waals surface area contributed by atoms with Crippen molar-refractivity contribution in [2.45, 2.75) is 32.0 Å². The van der Waals surface area contributed by atoms with E-state index in [1.54, 1.807) is 25.1 Å². The molecule has 0 spiro atoms. The van der Waals surface area contributed by atoms with E-state index >= 15 is 0 Å². The van der Waals surface area contributed by atoms with E-state index in [-0.39, 0.29) is 29.6 Å². The van der Waals surface area contributed by atoms with E-state index in [4.69, 9.17) is 14.6 Å². The molecule has 6 heteroatoms. The fourth-order valence-electron chi connectivity index (χ4n) is 2.52. The molecule has 2 aromatic carbocycles. The van der Waals surface area contributed by atoms with Crippen molar-refractivity contribution in [2.24, 2.45) is 0 Å². The monoisotopic (exact) mass is 348 g/mol. The van der Waals surface area contributed by atoms with Crippen LogP contribution in [0.3, 0.4) is 0 Å². The standard InChI is InChI=1S/C19H24O6/c1-12(19(23)14-6-7-15(21)18(11-14)24-2)25-17-8-5-13(4-3-9-20)10-16(17)22/h5-8,10-12,19-23H,3-4,9H2,1-2H3/t12-,19+/m1/s1. The van der Waals surface area contributed by atoms with Crippen molar-refractivity contribution < 1.29 is 29.9 Å². The zero-order valence-corrected chi connectivity index (χ0v) is 14.3. The van der Waals surface area contributed by atoms with E-state index in [0.29, 0.717) is 18.4 Å². The third kappa shape index (κ3) is 4.78. The van der Waals surface area contributed by atoms with Gasteiger partial charge in [0.25, 0.3) is 0 Å². The smallest absolute Gasteiger partial charge is 0.161 e. The molecule has 2 aromatic rings. The summed E-state index contributed by atoms with van der Waals surface area (Å²) in [6, 6.07) is 9.61. The summed E-state index contributed by atoms with van der Waals surface area (Å²) in [6.45, 7) is 1.78. The number of hydrogen-bond acceptors (Lipinski definition) is 6. The van der Waals surface area contributed by atoms with Gasteiger partial charge in [0, 0.05) is 6.61 Å². The Morgan fingerprint density at radius 2 is 1.76 bits per heavy atom.